The highest BCUT2D eigenvalue weighted by Gasteiger charge is 2.15. The molecule has 1 aromatic heterocycles. The molecule has 0 radical (unpaired) electrons. The minimum atomic E-state index is -0.556. The van der Waals surface area contributed by atoms with Crippen molar-refractivity contribution in [3.63, 3.8) is 0 Å². The Morgan fingerprint density at radius 3 is 2.44 bits per heavy atom. The molecule has 0 aliphatic carbocycles. The van der Waals surface area contributed by atoms with Crippen LogP contribution in [0.3, 0.4) is 0 Å². The lowest BCUT2D eigenvalue weighted by atomic mass is 10.2. The Bertz CT molecular complexity index is 744. The van der Waals surface area contributed by atoms with Crippen LogP contribution >= 0.6 is 11.8 Å². The Kier molecular flexibility index (Phi) is 6.64. The van der Waals surface area contributed by atoms with Crippen LogP contribution in [0.15, 0.2) is 52.0 Å². The van der Waals surface area contributed by atoms with Gasteiger partial charge in [-0.15, -0.1) is 11.8 Å². The van der Waals surface area contributed by atoms with Crippen molar-refractivity contribution in [3.8, 4) is 0 Å². The number of hydrogen-bond donors (Lipinski definition) is 3. The number of furan rings is 1. The van der Waals surface area contributed by atoms with Gasteiger partial charge in [0, 0.05) is 10.9 Å². The van der Waals surface area contributed by atoms with E-state index in [4.69, 9.17) is 4.42 Å². The van der Waals surface area contributed by atoms with E-state index in [1.165, 1.54) is 24.1 Å². The Balaban J connectivity index is 1.95. The van der Waals surface area contributed by atoms with Gasteiger partial charge in [-0.2, -0.15) is 0 Å². The molecule has 132 valence electrons. The van der Waals surface area contributed by atoms with E-state index in [1.807, 2.05) is 13.8 Å². The van der Waals surface area contributed by atoms with Gasteiger partial charge >= 0.3 is 5.91 Å². The molecule has 3 amide bonds. The fourth-order valence-electron chi connectivity index (χ4n) is 1.94. The standard InChI is InChI=1S/C17H19N3O4S/c1-11(2)18-15(21)10-25-14-8-4-3-6-12(14)16(22)19-20-17(23)13-7-5-9-24-13/h3-9,11H,10H2,1-2H3,(H,18,21)(H,19,22)(H,20,23). The summed E-state index contributed by atoms with van der Waals surface area (Å²) < 4.78 is 4.94. The highest BCUT2D eigenvalue weighted by Crippen LogP contribution is 2.22. The summed E-state index contributed by atoms with van der Waals surface area (Å²) >= 11 is 1.25. The van der Waals surface area contributed by atoms with Crippen LogP contribution in [0.1, 0.15) is 34.8 Å². The molecule has 25 heavy (non-hydrogen) atoms. The predicted molar refractivity (Wildman–Crippen MR) is 94.1 cm³/mol. The highest BCUT2D eigenvalue weighted by molar-refractivity contribution is 8.00. The van der Waals surface area contributed by atoms with Crippen LogP contribution in [0, 0.1) is 0 Å². The second kappa shape index (κ2) is 8.93. The highest BCUT2D eigenvalue weighted by atomic mass is 32.2. The van der Waals surface area contributed by atoms with Crippen molar-refractivity contribution in [1.29, 1.82) is 0 Å². The normalized spacial score (nSPS) is 10.4. The number of amides is 3. The third-order valence-electron chi connectivity index (χ3n) is 2.97. The van der Waals surface area contributed by atoms with Gasteiger partial charge in [0.2, 0.25) is 5.91 Å². The largest absolute Gasteiger partial charge is 0.459 e. The second-order valence-corrected chi connectivity index (χ2v) is 6.41. The first-order valence-electron chi connectivity index (χ1n) is 7.62. The summed E-state index contributed by atoms with van der Waals surface area (Å²) in [6, 6.07) is 9.97. The maximum atomic E-state index is 12.3. The maximum absolute atomic E-state index is 12.3. The quantitative estimate of drug-likeness (QED) is 0.539. The molecule has 3 N–H and O–H groups in total. The van der Waals surface area contributed by atoms with Crippen molar-refractivity contribution < 1.29 is 18.8 Å². The van der Waals surface area contributed by atoms with Gasteiger partial charge in [0.1, 0.15) is 0 Å². The van der Waals surface area contributed by atoms with Gasteiger partial charge < -0.3 is 9.73 Å². The lowest BCUT2D eigenvalue weighted by Gasteiger charge is -2.11. The SMILES string of the molecule is CC(C)NC(=O)CSc1ccccc1C(=O)NNC(=O)c1ccco1. The molecule has 0 saturated carbocycles. The zero-order valence-electron chi connectivity index (χ0n) is 13.9. The number of nitrogens with one attached hydrogen (secondary N) is 3. The monoisotopic (exact) mass is 361 g/mol. The summed E-state index contributed by atoms with van der Waals surface area (Å²) in [7, 11) is 0. The van der Waals surface area contributed by atoms with Crippen molar-refractivity contribution in [2.45, 2.75) is 24.8 Å². The van der Waals surface area contributed by atoms with E-state index in [2.05, 4.69) is 16.2 Å². The first-order chi connectivity index (χ1) is 12.0. The summed E-state index contributed by atoms with van der Waals surface area (Å²) in [6.07, 6.45) is 1.37. The topological polar surface area (TPSA) is 100 Å². The van der Waals surface area contributed by atoms with E-state index in [9.17, 15) is 14.4 Å². The van der Waals surface area contributed by atoms with Gasteiger partial charge in [-0.25, -0.2) is 0 Å². The predicted octanol–water partition coefficient (Wildman–Crippen LogP) is 1.97. The minimum absolute atomic E-state index is 0.0588. The molecule has 7 nitrogen and oxygen atoms in total. The van der Waals surface area contributed by atoms with Gasteiger partial charge in [0.15, 0.2) is 5.76 Å². The van der Waals surface area contributed by atoms with Crippen LogP contribution in [0.2, 0.25) is 0 Å². The van der Waals surface area contributed by atoms with E-state index < -0.39 is 11.8 Å². The smallest absolute Gasteiger partial charge is 0.305 e. The Morgan fingerprint density at radius 2 is 1.76 bits per heavy atom. The molecule has 0 unspecified atom stereocenters. The van der Waals surface area contributed by atoms with Gasteiger partial charge in [-0.3, -0.25) is 25.2 Å². The Labute approximate surface area is 149 Å². The van der Waals surface area contributed by atoms with Crippen LogP contribution in [-0.2, 0) is 4.79 Å². The van der Waals surface area contributed by atoms with Crippen LogP contribution in [0.25, 0.3) is 0 Å². The summed E-state index contributed by atoms with van der Waals surface area (Å²) in [5.41, 5.74) is 4.98. The van der Waals surface area contributed by atoms with E-state index in [-0.39, 0.29) is 23.5 Å². The van der Waals surface area contributed by atoms with Gasteiger partial charge in [-0.05, 0) is 38.1 Å². The van der Waals surface area contributed by atoms with Gasteiger partial charge in [0.05, 0.1) is 17.6 Å². The molecular formula is C17H19N3O4S. The lowest BCUT2D eigenvalue weighted by molar-refractivity contribution is -0.119. The van der Waals surface area contributed by atoms with Crippen LogP contribution < -0.4 is 16.2 Å². The molecular weight excluding hydrogens is 342 g/mol. The first kappa shape index (κ1) is 18.6. The zero-order valence-corrected chi connectivity index (χ0v) is 14.7. The molecule has 8 heteroatoms. The maximum Gasteiger partial charge on any atom is 0.305 e. The summed E-state index contributed by atoms with van der Waals surface area (Å²) in [4.78, 5) is 36.5. The third-order valence-corrected chi connectivity index (χ3v) is 4.05. The van der Waals surface area contributed by atoms with E-state index in [1.54, 1.807) is 30.3 Å². The Morgan fingerprint density at radius 1 is 1.04 bits per heavy atom. The summed E-state index contributed by atoms with van der Waals surface area (Å²) in [5.74, 6) is -0.858. The van der Waals surface area contributed by atoms with E-state index in [0.29, 0.717) is 10.5 Å². The molecule has 0 aliphatic heterocycles. The summed E-state index contributed by atoms with van der Waals surface area (Å²) in [6.45, 7) is 3.76. The first-order valence-corrected chi connectivity index (χ1v) is 8.61. The second-order valence-electron chi connectivity index (χ2n) is 5.39. The van der Waals surface area contributed by atoms with Crippen molar-refractivity contribution in [3.05, 3.63) is 54.0 Å². The zero-order chi connectivity index (χ0) is 18.2. The van der Waals surface area contributed by atoms with E-state index >= 15 is 0 Å². The van der Waals surface area contributed by atoms with Crippen molar-refractivity contribution in [2.75, 3.05) is 5.75 Å². The van der Waals surface area contributed by atoms with Crippen LogP contribution in [0.5, 0.6) is 0 Å². The molecule has 1 heterocycles. The molecule has 0 aliphatic rings. The van der Waals surface area contributed by atoms with Crippen molar-refractivity contribution >= 4 is 29.5 Å². The number of rotatable bonds is 6. The molecule has 0 bridgehead atoms. The average Bonchev–Trinajstić information content (AvgIpc) is 3.12. The molecule has 0 saturated heterocycles. The number of thioether (sulfide) groups is 1. The summed E-state index contributed by atoms with van der Waals surface area (Å²) in [5, 5.41) is 2.79. The number of hydrogen-bond acceptors (Lipinski definition) is 5. The molecule has 0 spiro atoms. The van der Waals surface area contributed by atoms with E-state index in [0.717, 1.165) is 0 Å². The molecule has 0 atom stereocenters. The number of benzene rings is 1. The molecule has 2 aromatic rings. The lowest BCUT2D eigenvalue weighted by Crippen LogP contribution is -2.41. The van der Waals surface area contributed by atoms with Crippen LogP contribution in [-0.4, -0.2) is 29.5 Å². The fraction of sp³-hybridized carbons (Fsp3) is 0.235. The Hall–Kier alpha value is -2.74. The number of carbonyl (C=O) groups excluding carboxylic acids is 3. The molecule has 2 rings (SSSR count). The van der Waals surface area contributed by atoms with Crippen LogP contribution in [0.4, 0.5) is 0 Å². The number of carbonyl (C=O) groups is 3. The molecule has 1 aromatic carbocycles. The van der Waals surface area contributed by atoms with Crippen molar-refractivity contribution in [1.82, 2.24) is 16.2 Å². The third kappa shape index (κ3) is 5.68. The fourth-order valence-corrected chi connectivity index (χ4v) is 2.80. The average molecular weight is 361 g/mol. The number of hydrazine groups is 1. The van der Waals surface area contributed by atoms with Gasteiger partial charge in [-0.1, -0.05) is 12.1 Å². The molecule has 0 fully saturated rings. The van der Waals surface area contributed by atoms with Gasteiger partial charge in [0.25, 0.3) is 5.91 Å². The van der Waals surface area contributed by atoms with Crippen molar-refractivity contribution in [2.24, 2.45) is 0 Å². The minimum Gasteiger partial charge on any atom is -0.459 e.